The molecule has 0 saturated carbocycles. The lowest BCUT2D eigenvalue weighted by molar-refractivity contribution is 0.393. The number of rotatable bonds is 2. The van der Waals surface area contributed by atoms with Crippen LogP contribution in [0.5, 0.6) is 11.5 Å². The van der Waals surface area contributed by atoms with Gasteiger partial charge in [-0.25, -0.2) is 0 Å². The Morgan fingerprint density at radius 3 is 1.90 bits per heavy atom. The second-order valence-electron chi connectivity index (χ2n) is 3.90. The second-order valence-corrected chi connectivity index (χ2v) is 6.72. The fourth-order valence-corrected chi connectivity index (χ4v) is 2.80. The summed E-state index contributed by atoms with van der Waals surface area (Å²) < 4.78 is 61.8. The molecule has 0 radical (unpaired) electrons. The maximum absolute atomic E-state index is 11.0. The van der Waals surface area contributed by atoms with E-state index in [0.29, 0.717) is 0 Å². The highest BCUT2D eigenvalue weighted by molar-refractivity contribution is 7.86. The van der Waals surface area contributed by atoms with Crippen LogP contribution in [0.1, 0.15) is 0 Å². The van der Waals surface area contributed by atoms with Gasteiger partial charge in [0, 0.05) is 5.39 Å². The third-order valence-electron chi connectivity index (χ3n) is 2.60. The number of benzene rings is 2. The molecule has 108 valence electrons. The van der Waals surface area contributed by atoms with Gasteiger partial charge in [0.2, 0.25) is 0 Å². The molecular weight excluding hydrogens is 312 g/mol. The van der Waals surface area contributed by atoms with E-state index in [0.717, 1.165) is 24.3 Å². The molecule has 0 spiro atoms. The lowest BCUT2D eigenvalue weighted by atomic mass is 10.1. The van der Waals surface area contributed by atoms with E-state index in [1.54, 1.807) is 0 Å². The van der Waals surface area contributed by atoms with Crippen LogP contribution in [-0.4, -0.2) is 36.2 Å². The summed E-state index contributed by atoms with van der Waals surface area (Å²) in [5, 5.41) is 19.1. The third-order valence-corrected chi connectivity index (χ3v) is 4.32. The van der Waals surface area contributed by atoms with Crippen LogP contribution in [-0.2, 0) is 20.2 Å². The largest absolute Gasteiger partial charge is 0.504 e. The van der Waals surface area contributed by atoms with Crippen LogP contribution >= 0.6 is 0 Å². The molecule has 0 unspecified atom stereocenters. The monoisotopic (exact) mass is 320 g/mol. The summed E-state index contributed by atoms with van der Waals surface area (Å²) in [7, 11) is -9.29. The van der Waals surface area contributed by atoms with Gasteiger partial charge in [-0.2, -0.15) is 16.8 Å². The zero-order valence-corrected chi connectivity index (χ0v) is 11.2. The van der Waals surface area contributed by atoms with Crippen molar-refractivity contribution in [1.29, 1.82) is 0 Å². The number of hydrogen-bond acceptors (Lipinski definition) is 6. The molecule has 0 heterocycles. The molecule has 2 aromatic rings. The number of aromatic hydroxyl groups is 2. The summed E-state index contributed by atoms with van der Waals surface area (Å²) in [5.41, 5.74) is 0. The van der Waals surface area contributed by atoms with Crippen molar-refractivity contribution in [2.24, 2.45) is 0 Å². The minimum Gasteiger partial charge on any atom is -0.504 e. The summed E-state index contributed by atoms with van der Waals surface area (Å²) in [6, 6.07) is 3.79. The average molecular weight is 320 g/mol. The Kier molecular flexibility index (Phi) is 3.13. The molecule has 8 nitrogen and oxygen atoms in total. The quantitative estimate of drug-likeness (QED) is 0.467. The predicted octanol–water partition coefficient (Wildman–Crippen LogP) is 0.744. The Morgan fingerprint density at radius 2 is 1.40 bits per heavy atom. The van der Waals surface area contributed by atoms with Crippen molar-refractivity contribution >= 4 is 31.0 Å². The molecule has 0 bridgehead atoms. The molecule has 0 aliphatic heterocycles. The summed E-state index contributed by atoms with van der Waals surface area (Å²) in [4.78, 5) is -1.46. The van der Waals surface area contributed by atoms with Crippen molar-refractivity contribution < 1.29 is 36.2 Å². The molecule has 0 aromatic heterocycles. The van der Waals surface area contributed by atoms with Crippen LogP contribution < -0.4 is 0 Å². The first-order valence-corrected chi connectivity index (χ1v) is 7.83. The van der Waals surface area contributed by atoms with Gasteiger partial charge in [0.15, 0.2) is 11.5 Å². The molecule has 10 heteroatoms. The normalized spacial score (nSPS) is 12.7. The van der Waals surface area contributed by atoms with Gasteiger partial charge < -0.3 is 10.2 Å². The number of fused-ring (bicyclic) bond motifs is 1. The summed E-state index contributed by atoms with van der Waals surface area (Å²) in [6.45, 7) is 0. The fourth-order valence-electron chi connectivity index (χ4n) is 1.68. The van der Waals surface area contributed by atoms with E-state index in [1.807, 2.05) is 0 Å². The molecule has 2 rings (SSSR count). The summed E-state index contributed by atoms with van der Waals surface area (Å²) in [6.07, 6.45) is 0. The number of phenolic OH excluding ortho intramolecular Hbond substituents is 2. The van der Waals surface area contributed by atoms with Gasteiger partial charge in [-0.1, -0.05) is 6.07 Å². The third kappa shape index (κ3) is 2.41. The Balaban J connectivity index is 2.92. The minimum absolute atomic E-state index is 0.0420. The highest BCUT2D eigenvalue weighted by Gasteiger charge is 2.22. The van der Waals surface area contributed by atoms with Crippen LogP contribution in [0.25, 0.3) is 10.8 Å². The second kappa shape index (κ2) is 4.31. The van der Waals surface area contributed by atoms with E-state index in [2.05, 4.69) is 0 Å². The first-order valence-electron chi connectivity index (χ1n) is 4.95. The van der Waals surface area contributed by atoms with Gasteiger partial charge in [-0.3, -0.25) is 9.11 Å². The standard InChI is InChI=1S/C10H8O8S2/c11-9-7-4-6(19(13,14)15)2-1-5(7)3-8(10(9)12)20(16,17)18/h1-4,11-12H,(H,13,14,15)(H,16,17,18). The first-order chi connectivity index (χ1) is 9.01. The Morgan fingerprint density at radius 1 is 0.800 bits per heavy atom. The fraction of sp³-hybridized carbons (Fsp3) is 0. The van der Waals surface area contributed by atoms with Gasteiger partial charge in [-0.05, 0) is 23.6 Å². The van der Waals surface area contributed by atoms with Gasteiger partial charge in [0.25, 0.3) is 20.2 Å². The molecule has 4 N–H and O–H groups in total. The Bertz CT molecular complexity index is 912. The lowest BCUT2D eigenvalue weighted by Gasteiger charge is -2.08. The van der Waals surface area contributed by atoms with E-state index >= 15 is 0 Å². The van der Waals surface area contributed by atoms with Crippen LogP contribution in [0.15, 0.2) is 34.1 Å². The molecule has 0 atom stereocenters. The van der Waals surface area contributed by atoms with E-state index in [1.165, 1.54) is 0 Å². The molecule has 0 aliphatic carbocycles. The molecule has 20 heavy (non-hydrogen) atoms. The maximum atomic E-state index is 11.0. The zero-order chi connectivity index (χ0) is 15.3. The van der Waals surface area contributed by atoms with Crippen LogP contribution in [0.4, 0.5) is 0 Å². The van der Waals surface area contributed by atoms with Crippen molar-refractivity contribution in [1.82, 2.24) is 0 Å². The van der Waals surface area contributed by atoms with Crippen molar-refractivity contribution in [3.8, 4) is 11.5 Å². The van der Waals surface area contributed by atoms with Gasteiger partial charge in [-0.15, -0.1) is 0 Å². The zero-order valence-electron chi connectivity index (χ0n) is 9.55. The molecule has 0 fully saturated rings. The van der Waals surface area contributed by atoms with Gasteiger partial charge in [0.1, 0.15) is 4.90 Å². The smallest absolute Gasteiger partial charge is 0.298 e. The first kappa shape index (κ1) is 14.5. The molecule has 0 saturated heterocycles. The van der Waals surface area contributed by atoms with Gasteiger partial charge >= 0.3 is 0 Å². The molecule has 2 aromatic carbocycles. The molecular formula is C10H8O8S2. The maximum Gasteiger partial charge on any atom is 0.298 e. The van der Waals surface area contributed by atoms with E-state index in [4.69, 9.17) is 9.11 Å². The van der Waals surface area contributed by atoms with E-state index < -0.39 is 41.5 Å². The Hall–Kier alpha value is -1.88. The molecule has 0 amide bonds. The van der Waals surface area contributed by atoms with Gasteiger partial charge in [0.05, 0.1) is 4.90 Å². The predicted molar refractivity (Wildman–Crippen MR) is 66.9 cm³/mol. The van der Waals surface area contributed by atoms with Crippen LogP contribution in [0, 0.1) is 0 Å². The topological polar surface area (TPSA) is 149 Å². The highest BCUT2D eigenvalue weighted by atomic mass is 32.2. The highest BCUT2D eigenvalue weighted by Crippen LogP contribution is 2.40. The van der Waals surface area contributed by atoms with Crippen molar-refractivity contribution in [2.45, 2.75) is 9.79 Å². The van der Waals surface area contributed by atoms with E-state index in [9.17, 15) is 27.0 Å². The van der Waals surface area contributed by atoms with E-state index in [-0.39, 0.29) is 10.8 Å². The molecule has 0 aliphatic rings. The number of phenols is 2. The summed E-state index contributed by atoms with van der Waals surface area (Å²) >= 11 is 0. The average Bonchev–Trinajstić information content (AvgIpc) is 2.30. The summed E-state index contributed by atoms with van der Waals surface area (Å²) in [5.74, 6) is -2.05. The van der Waals surface area contributed by atoms with Crippen molar-refractivity contribution in [3.63, 3.8) is 0 Å². The van der Waals surface area contributed by atoms with Crippen molar-refractivity contribution in [3.05, 3.63) is 24.3 Å². The lowest BCUT2D eigenvalue weighted by Crippen LogP contribution is -2.00. The minimum atomic E-state index is -4.76. The van der Waals surface area contributed by atoms with Crippen LogP contribution in [0.2, 0.25) is 0 Å². The number of hydrogen-bond donors (Lipinski definition) is 4. The Labute approximate surface area is 113 Å². The SMILES string of the molecule is O=S(=O)(O)c1ccc2cc(S(=O)(=O)O)c(O)c(O)c2c1. The van der Waals surface area contributed by atoms with Crippen LogP contribution in [0.3, 0.4) is 0 Å². The van der Waals surface area contributed by atoms with Crippen molar-refractivity contribution in [2.75, 3.05) is 0 Å².